The molecule has 0 spiro atoms. The van der Waals surface area contributed by atoms with Crippen molar-refractivity contribution in [3.8, 4) is 5.75 Å². The molecule has 0 bridgehead atoms. The molecule has 5 heteroatoms. The molecule has 1 aliphatic rings. The second kappa shape index (κ2) is 8.21. The van der Waals surface area contributed by atoms with E-state index < -0.39 is 6.10 Å². The minimum atomic E-state index is -0.630. The summed E-state index contributed by atoms with van der Waals surface area (Å²) in [6, 6.07) is 7.50. The summed E-state index contributed by atoms with van der Waals surface area (Å²) in [6.45, 7) is 2.75. The molecule has 2 rings (SSSR count). The predicted octanol–water partition coefficient (Wildman–Crippen LogP) is 1.55. The largest absolute Gasteiger partial charge is 0.490 e. The Labute approximate surface area is 119 Å². The number of ether oxygens (including phenoxy) is 4. The van der Waals surface area contributed by atoms with Crippen LogP contribution >= 0.6 is 0 Å². The predicted molar refractivity (Wildman–Crippen MR) is 73.9 cm³/mol. The lowest BCUT2D eigenvalue weighted by atomic mass is 10.0. The van der Waals surface area contributed by atoms with E-state index in [1.807, 2.05) is 24.3 Å². The summed E-state index contributed by atoms with van der Waals surface area (Å²) in [7, 11) is 1.65. The average Bonchev–Trinajstić information content (AvgIpc) is 2.49. The lowest BCUT2D eigenvalue weighted by Crippen LogP contribution is -2.33. The van der Waals surface area contributed by atoms with Crippen LogP contribution in [0.4, 0.5) is 0 Å². The second-order valence-corrected chi connectivity index (χ2v) is 4.66. The Hall–Kier alpha value is -1.14. The minimum absolute atomic E-state index is 0.316. The molecule has 2 atom stereocenters. The van der Waals surface area contributed by atoms with Gasteiger partial charge in [-0.2, -0.15) is 0 Å². The summed E-state index contributed by atoms with van der Waals surface area (Å²) in [5.74, 6) is 0.739. The molecule has 1 N–H and O–H groups in total. The molecule has 1 heterocycles. The number of fused-ring (bicyclic) bond motifs is 1. The molecular weight excluding hydrogens is 260 g/mol. The van der Waals surface area contributed by atoms with Gasteiger partial charge in [0.2, 0.25) is 0 Å². The molecular formula is C15H22O5. The quantitative estimate of drug-likeness (QED) is 0.733. The van der Waals surface area contributed by atoms with Crippen LogP contribution in [0.3, 0.4) is 0 Å². The van der Waals surface area contributed by atoms with Crippen LogP contribution in [0.2, 0.25) is 0 Å². The van der Waals surface area contributed by atoms with E-state index in [-0.39, 0.29) is 6.10 Å². The van der Waals surface area contributed by atoms with Gasteiger partial charge in [-0.15, -0.1) is 0 Å². The van der Waals surface area contributed by atoms with E-state index >= 15 is 0 Å². The van der Waals surface area contributed by atoms with E-state index in [1.54, 1.807) is 7.11 Å². The molecule has 20 heavy (non-hydrogen) atoms. The first-order chi connectivity index (χ1) is 9.83. The maximum Gasteiger partial charge on any atom is 0.125 e. The molecule has 0 aliphatic carbocycles. The second-order valence-electron chi connectivity index (χ2n) is 4.66. The normalized spacial score (nSPS) is 21.3. The van der Waals surface area contributed by atoms with E-state index in [1.165, 1.54) is 0 Å². The number of aliphatic hydroxyl groups is 1. The Morgan fingerprint density at radius 3 is 2.90 bits per heavy atom. The summed E-state index contributed by atoms with van der Waals surface area (Å²) in [4.78, 5) is 0. The minimum Gasteiger partial charge on any atom is -0.490 e. The van der Waals surface area contributed by atoms with Gasteiger partial charge in [0.25, 0.3) is 0 Å². The molecule has 112 valence electrons. The molecule has 0 radical (unpaired) electrons. The van der Waals surface area contributed by atoms with Crippen molar-refractivity contribution >= 4 is 0 Å². The van der Waals surface area contributed by atoms with Crippen LogP contribution in [-0.2, 0) is 14.2 Å². The van der Waals surface area contributed by atoms with Gasteiger partial charge in [-0.25, -0.2) is 0 Å². The fourth-order valence-corrected chi connectivity index (χ4v) is 2.10. The van der Waals surface area contributed by atoms with E-state index in [0.29, 0.717) is 33.0 Å². The highest BCUT2D eigenvalue weighted by Gasteiger charge is 2.29. The van der Waals surface area contributed by atoms with E-state index in [4.69, 9.17) is 18.9 Å². The van der Waals surface area contributed by atoms with Gasteiger partial charge < -0.3 is 24.1 Å². The van der Waals surface area contributed by atoms with Gasteiger partial charge in [-0.05, 0) is 12.5 Å². The SMILES string of the molecule is COCCOCCCOC1COc2ccccc2C1O. The van der Waals surface area contributed by atoms with Gasteiger partial charge in [0.05, 0.1) is 13.2 Å². The van der Waals surface area contributed by atoms with Crippen LogP contribution in [-0.4, -0.2) is 51.4 Å². The zero-order valence-electron chi connectivity index (χ0n) is 11.8. The van der Waals surface area contributed by atoms with Crippen molar-refractivity contribution in [2.75, 3.05) is 40.1 Å². The zero-order chi connectivity index (χ0) is 14.2. The van der Waals surface area contributed by atoms with E-state index in [0.717, 1.165) is 17.7 Å². The Morgan fingerprint density at radius 2 is 2.05 bits per heavy atom. The van der Waals surface area contributed by atoms with Crippen molar-refractivity contribution < 1.29 is 24.1 Å². The van der Waals surface area contributed by atoms with Crippen molar-refractivity contribution in [3.63, 3.8) is 0 Å². The van der Waals surface area contributed by atoms with Gasteiger partial charge in [0, 0.05) is 25.9 Å². The Morgan fingerprint density at radius 1 is 1.20 bits per heavy atom. The molecule has 5 nitrogen and oxygen atoms in total. The summed E-state index contributed by atoms with van der Waals surface area (Å²) in [5, 5.41) is 10.2. The first-order valence-electron chi connectivity index (χ1n) is 6.91. The third-order valence-electron chi connectivity index (χ3n) is 3.19. The molecule has 0 fully saturated rings. The highest BCUT2D eigenvalue weighted by atomic mass is 16.5. The summed E-state index contributed by atoms with van der Waals surface area (Å²) < 4.78 is 21.5. The number of benzene rings is 1. The van der Waals surface area contributed by atoms with Crippen molar-refractivity contribution in [1.29, 1.82) is 0 Å². The van der Waals surface area contributed by atoms with Crippen molar-refractivity contribution in [3.05, 3.63) is 29.8 Å². The highest BCUT2D eigenvalue weighted by molar-refractivity contribution is 5.37. The number of aliphatic hydroxyl groups excluding tert-OH is 1. The van der Waals surface area contributed by atoms with Crippen molar-refractivity contribution in [2.45, 2.75) is 18.6 Å². The lowest BCUT2D eigenvalue weighted by Gasteiger charge is -2.30. The molecule has 0 saturated carbocycles. The van der Waals surface area contributed by atoms with Gasteiger partial charge in [-0.1, -0.05) is 18.2 Å². The first-order valence-corrected chi connectivity index (χ1v) is 6.91. The highest BCUT2D eigenvalue weighted by Crippen LogP contribution is 2.32. The Bertz CT molecular complexity index is 396. The summed E-state index contributed by atoms with van der Waals surface area (Å²) in [6.07, 6.45) is -0.160. The molecule has 0 amide bonds. The monoisotopic (exact) mass is 282 g/mol. The van der Waals surface area contributed by atoms with Crippen LogP contribution in [0.25, 0.3) is 0 Å². The standard InChI is InChI=1S/C15H22O5/c1-17-9-10-18-7-4-8-19-14-11-20-13-6-3-2-5-12(13)15(14)16/h2-3,5-6,14-16H,4,7-11H2,1H3. The van der Waals surface area contributed by atoms with Crippen LogP contribution in [0.1, 0.15) is 18.1 Å². The zero-order valence-corrected chi connectivity index (χ0v) is 11.8. The summed E-state index contributed by atoms with van der Waals surface area (Å²) in [5.41, 5.74) is 0.792. The number of hydrogen-bond donors (Lipinski definition) is 1. The van der Waals surface area contributed by atoms with Crippen molar-refractivity contribution in [2.24, 2.45) is 0 Å². The number of hydrogen-bond acceptors (Lipinski definition) is 5. The van der Waals surface area contributed by atoms with Crippen LogP contribution < -0.4 is 4.74 Å². The number of para-hydroxylation sites is 1. The first kappa shape index (κ1) is 15.3. The lowest BCUT2D eigenvalue weighted by molar-refractivity contribution is -0.0763. The van der Waals surface area contributed by atoms with Crippen LogP contribution in [0.5, 0.6) is 5.75 Å². The van der Waals surface area contributed by atoms with E-state index in [2.05, 4.69) is 0 Å². The smallest absolute Gasteiger partial charge is 0.125 e. The van der Waals surface area contributed by atoms with Gasteiger partial charge in [0.15, 0.2) is 0 Å². The Kier molecular flexibility index (Phi) is 6.26. The fourth-order valence-electron chi connectivity index (χ4n) is 2.10. The van der Waals surface area contributed by atoms with Gasteiger partial charge in [-0.3, -0.25) is 0 Å². The third kappa shape index (κ3) is 4.18. The molecule has 0 saturated heterocycles. The van der Waals surface area contributed by atoms with E-state index in [9.17, 15) is 5.11 Å². The summed E-state index contributed by atoms with van der Waals surface area (Å²) >= 11 is 0. The average molecular weight is 282 g/mol. The third-order valence-corrected chi connectivity index (χ3v) is 3.19. The van der Waals surface area contributed by atoms with Crippen LogP contribution in [0.15, 0.2) is 24.3 Å². The van der Waals surface area contributed by atoms with Crippen LogP contribution in [0, 0.1) is 0 Å². The molecule has 1 aromatic carbocycles. The molecule has 0 aromatic heterocycles. The molecule has 1 aliphatic heterocycles. The van der Waals surface area contributed by atoms with Gasteiger partial charge in [0.1, 0.15) is 24.6 Å². The fraction of sp³-hybridized carbons (Fsp3) is 0.600. The topological polar surface area (TPSA) is 57.2 Å². The Balaban J connectivity index is 1.67. The number of rotatable bonds is 8. The molecule has 2 unspecified atom stereocenters. The molecule has 1 aromatic rings. The van der Waals surface area contributed by atoms with Crippen molar-refractivity contribution in [1.82, 2.24) is 0 Å². The maximum absolute atomic E-state index is 10.2. The maximum atomic E-state index is 10.2. The number of methoxy groups -OCH3 is 1. The van der Waals surface area contributed by atoms with Gasteiger partial charge >= 0.3 is 0 Å².